The van der Waals surface area contributed by atoms with E-state index in [1.807, 2.05) is 0 Å². The predicted molar refractivity (Wildman–Crippen MR) is 139 cm³/mol. The smallest absolute Gasteiger partial charge is 0.157 e. The molecule has 0 saturated carbocycles. The maximum absolute atomic E-state index is 3.75. The quantitative estimate of drug-likeness (QED) is 0.239. The lowest BCUT2D eigenvalue weighted by atomic mass is 9.92. The number of hydrogen-bond acceptors (Lipinski definition) is 0. The molecule has 0 aliphatic carbocycles. The molecular formula is C32H26N2. The highest BCUT2D eigenvalue weighted by Gasteiger charge is 2.30. The van der Waals surface area contributed by atoms with Gasteiger partial charge in [-0.1, -0.05) is 131 Å². The van der Waals surface area contributed by atoms with Gasteiger partial charge in [-0.3, -0.25) is 9.56 Å². The zero-order valence-electron chi connectivity index (χ0n) is 19.0. The third-order valence-corrected chi connectivity index (χ3v) is 6.54. The molecule has 6 rings (SSSR count). The fraction of sp³-hybridized carbons (Fsp3) is 0.0625. The van der Waals surface area contributed by atoms with Gasteiger partial charge in [0.2, 0.25) is 0 Å². The maximum atomic E-state index is 3.75. The SMILES string of the molecule is C(=C(c1ccccc1)c1ccccc1)[C-]1c2[nH+][c-]3ccccc3c2CC[N+]1=Cc1ccccc1. The third-order valence-electron chi connectivity index (χ3n) is 6.54. The number of para-hydroxylation sites is 1. The van der Waals surface area contributed by atoms with E-state index in [-0.39, 0.29) is 0 Å². The van der Waals surface area contributed by atoms with Crippen molar-refractivity contribution < 1.29 is 9.56 Å². The Kier molecular flexibility index (Phi) is 5.33. The Bertz CT molecular complexity index is 1430. The van der Waals surface area contributed by atoms with Crippen molar-refractivity contribution in [3.63, 3.8) is 0 Å². The van der Waals surface area contributed by atoms with E-state index < -0.39 is 0 Å². The van der Waals surface area contributed by atoms with Crippen LogP contribution < -0.4 is 4.98 Å². The van der Waals surface area contributed by atoms with Gasteiger partial charge in [-0.25, -0.2) is 0 Å². The molecule has 2 heterocycles. The zero-order valence-corrected chi connectivity index (χ0v) is 19.0. The number of benzene rings is 4. The molecule has 2 heteroatoms. The maximum Gasteiger partial charge on any atom is 0.157 e. The van der Waals surface area contributed by atoms with Crippen LogP contribution in [0.5, 0.6) is 0 Å². The number of aromatic nitrogens is 1. The van der Waals surface area contributed by atoms with Crippen molar-refractivity contribution >= 4 is 22.7 Å². The average Bonchev–Trinajstić information content (AvgIpc) is 3.29. The van der Waals surface area contributed by atoms with Crippen molar-refractivity contribution in [1.82, 2.24) is 0 Å². The van der Waals surface area contributed by atoms with E-state index in [1.54, 1.807) is 0 Å². The van der Waals surface area contributed by atoms with Crippen LogP contribution in [-0.2, 0) is 6.42 Å². The van der Waals surface area contributed by atoms with Gasteiger partial charge in [0.15, 0.2) is 6.04 Å². The summed E-state index contributed by atoms with van der Waals surface area (Å²) in [6.45, 7) is 0.937. The normalized spacial score (nSPS) is 14.2. The van der Waals surface area contributed by atoms with Crippen molar-refractivity contribution in [3.05, 3.63) is 155 Å². The summed E-state index contributed by atoms with van der Waals surface area (Å²) in [6.07, 6.45) is 5.64. The molecule has 0 fully saturated rings. The zero-order chi connectivity index (χ0) is 22.7. The first-order chi connectivity index (χ1) is 16.9. The van der Waals surface area contributed by atoms with E-state index in [0.717, 1.165) is 13.0 Å². The number of nitrogens with zero attached hydrogens (tertiary/aromatic N) is 1. The van der Waals surface area contributed by atoms with E-state index >= 15 is 0 Å². The first kappa shape index (κ1) is 20.3. The van der Waals surface area contributed by atoms with Crippen LogP contribution in [-0.4, -0.2) is 17.3 Å². The van der Waals surface area contributed by atoms with E-state index in [0.29, 0.717) is 0 Å². The van der Waals surface area contributed by atoms with Gasteiger partial charge in [-0.15, -0.1) is 18.2 Å². The van der Waals surface area contributed by atoms with Crippen molar-refractivity contribution in [1.29, 1.82) is 0 Å². The van der Waals surface area contributed by atoms with Crippen molar-refractivity contribution in [2.24, 2.45) is 0 Å². The molecule has 0 unspecified atom stereocenters. The minimum absolute atomic E-state index is 0.937. The van der Waals surface area contributed by atoms with Gasteiger partial charge in [-0.2, -0.15) is 0 Å². The van der Waals surface area contributed by atoms with Crippen LogP contribution >= 0.6 is 0 Å². The number of hydrogen-bond donors (Lipinski definition) is 0. The Morgan fingerprint density at radius 1 is 0.735 bits per heavy atom. The first-order valence-electron chi connectivity index (χ1n) is 11.8. The van der Waals surface area contributed by atoms with E-state index in [1.165, 1.54) is 50.5 Å². The number of nitrogens with one attached hydrogen (secondary N) is 1. The molecule has 1 aromatic heterocycles. The standard InChI is InChI=1S/C32H26N2/c1-4-12-24(13-5-1)23-34-21-20-28-27-18-10-11-19-30(27)33-32(28)31(34)22-29(25-14-6-2-7-15-25)26-16-8-3-9-17-26/h1-19,22-23,33H,20-21H2. The first-order valence-corrected chi connectivity index (χ1v) is 11.8. The minimum Gasteiger partial charge on any atom is -0.280 e. The number of rotatable bonds is 4. The van der Waals surface area contributed by atoms with E-state index in [2.05, 4.69) is 137 Å². The highest BCUT2D eigenvalue weighted by molar-refractivity contribution is 5.85. The molecular weight excluding hydrogens is 412 g/mol. The van der Waals surface area contributed by atoms with Gasteiger partial charge in [0, 0.05) is 6.42 Å². The van der Waals surface area contributed by atoms with E-state index in [9.17, 15) is 0 Å². The van der Waals surface area contributed by atoms with Crippen molar-refractivity contribution in [3.8, 4) is 0 Å². The molecule has 34 heavy (non-hydrogen) atoms. The fourth-order valence-corrected chi connectivity index (χ4v) is 4.89. The van der Waals surface area contributed by atoms with Crippen LogP contribution in [0.2, 0.25) is 0 Å². The molecule has 1 aliphatic heterocycles. The Morgan fingerprint density at radius 2 is 1.35 bits per heavy atom. The molecule has 1 N–H and O–H groups in total. The molecule has 0 atom stereocenters. The molecule has 1 aliphatic rings. The highest BCUT2D eigenvalue weighted by atomic mass is 15.1. The van der Waals surface area contributed by atoms with Crippen molar-refractivity contribution in [2.45, 2.75) is 6.42 Å². The topological polar surface area (TPSA) is 17.1 Å². The predicted octanol–water partition coefficient (Wildman–Crippen LogP) is 6.07. The number of fused-ring (bicyclic) bond motifs is 3. The highest BCUT2D eigenvalue weighted by Crippen LogP contribution is 2.34. The summed E-state index contributed by atoms with van der Waals surface area (Å²) in [7, 11) is 0. The Morgan fingerprint density at radius 3 is 2.03 bits per heavy atom. The third kappa shape index (κ3) is 3.84. The summed E-state index contributed by atoms with van der Waals surface area (Å²) in [5, 5.41) is 1.32. The van der Waals surface area contributed by atoms with Gasteiger partial charge in [0.25, 0.3) is 0 Å². The minimum atomic E-state index is 0.937. The summed E-state index contributed by atoms with van der Waals surface area (Å²) in [5.41, 5.74) is 8.65. The van der Waals surface area contributed by atoms with Gasteiger partial charge < -0.3 is 0 Å². The average molecular weight is 439 g/mol. The lowest BCUT2D eigenvalue weighted by Gasteiger charge is -2.25. The molecule has 0 bridgehead atoms. The van der Waals surface area contributed by atoms with Crippen LogP contribution in [0.3, 0.4) is 0 Å². The van der Waals surface area contributed by atoms with Gasteiger partial charge in [0.05, 0.1) is 0 Å². The molecule has 0 radical (unpaired) electrons. The van der Waals surface area contributed by atoms with Crippen molar-refractivity contribution in [2.75, 3.05) is 6.54 Å². The fourth-order valence-electron chi connectivity index (χ4n) is 4.89. The molecule has 0 saturated heterocycles. The summed E-state index contributed by atoms with van der Waals surface area (Å²) >= 11 is 0. The summed E-state index contributed by atoms with van der Waals surface area (Å²) in [6, 6.07) is 41.8. The lowest BCUT2D eigenvalue weighted by molar-refractivity contribution is -0.517. The number of H-pyrrole nitrogens is 1. The molecule has 0 spiro atoms. The summed E-state index contributed by atoms with van der Waals surface area (Å²) in [4.78, 5) is 3.75. The van der Waals surface area contributed by atoms with E-state index in [4.69, 9.17) is 0 Å². The summed E-state index contributed by atoms with van der Waals surface area (Å²) < 4.78 is 2.40. The number of aromatic amines is 1. The second kappa shape index (κ2) is 8.92. The van der Waals surface area contributed by atoms with Gasteiger partial charge in [-0.05, 0) is 5.56 Å². The van der Waals surface area contributed by atoms with Crippen LogP contribution in [0.1, 0.15) is 27.9 Å². The van der Waals surface area contributed by atoms with Crippen LogP contribution in [0.4, 0.5) is 0 Å². The Balaban J connectivity index is 1.58. The van der Waals surface area contributed by atoms with Crippen LogP contribution in [0.15, 0.2) is 121 Å². The molecule has 4 aromatic carbocycles. The molecule has 0 amide bonds. The van der Waals surface area contributed by atoms with Crippen LogP contribution in [0.25, 0.3) is 16.5 Å². The van der Waals surface area contributed by atoms with Gasteiger partial charge >= 0.3 is 0 Å². The largest absolute Gasteiger partial charge is 0.280 e. The molecule has 2 nitrogen and oxygen atoms in total. The molecule has 5 aromatic rings. The Hall–Kier alpha value is -4.30. The van der Waals surface area contributed by atoms with Crippen LogP contribution in [0, 0.1) is 6.04 Å². The second-order valence-corrected chi connectivity index (χ2v) is 8.68. The Labute approximate surface area is 200 Å². The monoisotopic (exact) mass is 438 g/mol. The second-order valence-electron chi connectivity index (χ2n) is 8.68. The molecule has 164 valence electrons. The summed E-state index contributed by atoms with van der Waals surface area (Å²) in [5.74, 6) is 0. The van der Waals surface area contributed by atoms with Gasteiger partial charge in [0.1, 0.15) is 24.0 Å². The lowest BCUT2D eigenvalue weighted by Crippen LogP contribution is -2.32.